The molecule has 1 aliphatic heterocycles. The number of hydrogen-bond acceptors (Lipinski definition) is 5. The molecule has 3 heterocycles. The maximum absolute atomic E-state index is 13.0. The summed E-state index contributed by atoms with van der Waals surface area (Å²) in [7, 11) is 0. The second-order valence-corrected chi connectivity index (χ2v) is 9.60. The minimum atomic E-state index is -0.138. The molecule has 0 spiro atoms. The number of benzene rings is 2. The normalized spacial score (nSPS) is 17.3. The number of morpholine rings is 1. The van der Waals surface area contributed by atoms with Crippen molar-refractivity contribution in [3.8, 4) is 0 Å². The SMILES string of the molecule is CC(C)NC(=O)c1sc2ccccc2c1[C@@H]1CN(Cc2ccnc3ccccc23)CCO1. The van der Waals surface area contributed by atoms with Gasteiger partial charge in [-0.25, -0.2) is 0 Å². The highest BCUT2D eigenvalue weighted by Gasteiger charge is 2.30. The molecule has 164 valence electrons. The summed E-state index contributed by atoms with van der Waals surface area (Å²) in [6.45, 7) is 7.06. The van der Waals surface area contributed by atoms with Crippen LogP contribution in [0.3, 0.4) is 0 Å². The predicted octanol–water partition coefficient (Wildman–Crippen LogP) is 5.16. The molecule has 1 N–H and O–H groups in total. The number of thiophene rings is 1. The van der Waals surface area contributed by atoms with Gasteiger partial charge in [0, 0.05) is 47.5 Å². The van der Waals surface area contributed by atoms with Crippen LogP contribution in [0, 0.1) is 0 Å². The van der Waals surface area contributed by atoms with Gasteiger partial charge in [0.25, 0.3) is 5.91 Å². The zero-order valence-electron chi connectivity index (χ0n) is 18.4. The Morgan fingerprint density at radius 2 is 1.94 bits per heavy atom. The predicted molar refractivity (Wildman–Crippen MR) is 130 cm³/mol. The molecule has 6 heteroatoms. The molecule has 0 radical (unpaired) electrons. The monoisotopic (exact) mass is 445 g/mol. The lowest BCUT2D eigenvalue weighted by molar-refractivity contribution is -0.0322. The van der Waals surface area contributed by atoms with E-state index in [9.17, 15) is 4.79 Å². The maximum atomic E-state index is 13.0. The van der Waals surface area contributed by atoms with Crippen LogP contribution in [0.25, 0.3) is 21.0 Å². The molecule has 4 aromatic rings. The zero-order valence-corrected chi connectivity index (χ0v) is 19.2. The molecule has 5 nitrogen and oxygen atoms in total. The summed E-state index contributed by atoms with van der Waals surface area (Å²) < 4.78 is 7.38. The Balaban J connectivity index is 1.46. The first kappa shape index (κ1) is 21.1. The van der Waals surface area contributed by atoms with Gasteiger partial charge in [-0.3, -0.25) is 14.7 Å². The topological polar surface area (TPSA) is 54.5 Å². The molecule has 5 rings (SSSR count). The maximum Gasteiger partial charge on any atom is 0.261 e. The molecule has 0 unspecified atom stereocenters. The van der Waals surface area contributed by atoms with Crippen molar-refractivity contribution in [2.75, 3.05) is 19.7 Å². The van der Waals surface area contributed by atoms with Crippen LogP contribution in [0.5, 0.6) is 0 Å². The molecule has 2 aromatic heterocycles. The molecular weight excluding hydrogens is 418 g/mol. The third-order valence-corrected chi connectivity index (χ3v) is 7.05. The summed E-state index contributed by atoms with van der Waals surface area (Å²) >= 11 is 1.56. The lowest BCUT2D eigenvalue weighted by Crippen LogP contribution is -2.38. The molecule has 0 saturated carbocycles. The van der Waals surface area contributed by atoms with E-state index in [4.69, 9.17) is 4.74 Å². The molecule has 0 bridgehead atoms. The lowest BCUT2D eigenvalue weighted by Gasteiger charge is -2.33. The van der Waals surface area contributed by atoms with Crippen molar-refractivity contribution in [2.24, 2.45) is 0 Å². The van der Waals surface area contributed by atoms with E-state index in [1.807, 2.05) is 38.2 Å². The van der Waals surface area contributed by atoms with Crippen molar-refractivity contribution in [1.29, 1.82) is 0 Å². The van der Waals surface area contributed by atoms with Gasteiger partial charge in [0.15, 0.2) is 0 Å². The Hall–Kier alpha value is -2.80. The van der Waals surface area contributed by atoms with Crippen LogP contribution in [0.4, 0.5) is 0 Å². The van der Waals surface area contributed by atoms with Gasteiger partial charge in [-0.15, -0.1) is 11.3 Å². The summed E-state index contributed by atoms with van der Waals surface area (Å²) in [6, 6.07) is 18.7. The summed E-state index contributed by atoms with van der Waals surface area (Å²) in [5.41, 5.74) is 3.31. The average Bonchev–Trinajstić information content (AvgIpc) is 3.19. The summed E-state index contributed by atoms with van der Waals surface area (Å²) in [5, 5.41) is 5.37. The minimum Gasteiger partial charge on any atom is -0.371 e. The van der Waals surface area contributed by atoms with Gasteiger partial charge < -0.3 is 10.1 Å². The van der Waals surface area contributed by atoms with E-state index in [-0.39, 0.29) is 18.1 Å². The lowest BCUT2D eigenvalue weighted by atomic mass is 10.0. The van der Waals surface area contributed by atoms with Crippen molar-refractivity contribution in [1.82, 2.24) is 15.2 Å². The molecule has 2 aromatic carbocycles. The molecule has 32 heavy (non-hydrogen) atoms. The molecule has 1 fully saturated rings. The van der Waals surface area contributed by atoms with Crippen molar-refractivity contribution in [3.05, 3.63) is 76.8 Å². The second kappa shape index (κ2) is 8.98. The van der Waals surface area contributed by atoms with Crippen molar-refractivity contribution < 1.29 is 9.53 Å². The van der Waals surface area contributed by atoms with Crippen LogP contribution in [0.2, 0.25) is 0 Å². The molecule has 1 aliphatic rings. The largest absolute Gasteiger partial charge is 0.371 e. The molecular formula is C26H27N3O2S. The number of hydrogen-bond donors (Lipinski definition) is 1. The number of nitrogens with one attached hydrogen (secondary N) is 1. The number of carbonyl (C=O) groups excluding carboxylic acids is 1. The molecule has 1 saturated heterocycles. The number of fused-ring (bicyclic) bond motifs is 2. The van der Waals surface area contributed by atoms with Gasteiger partial charge in [-0.05, 0) is 43.0 Å². The highest BCUT2D eigenvalue weighted by atomic mass is 32.1. The van der Waals surface area contributed by atoms with Crippen LogP contribution >= 0.6 is 11.3 Å². The fraction of sp³-hybridized carbons (Fsp3) is 0.308. The van der Waals surface area contributed by atoms with E-state index in [1.54, 1.807) is 11.3 Å². The van der Waals surface area contributed by atoms with E-state index >= 15 is 0 Å². The van der Waals surface area contributed by atoms with Gasteiger partial charge in [0.1, 0.15) is 0 Å². The number of nitrogens with zero attached hydrogens (tertiary/aromatic N) is 2. The van der Waals surface area contributed by atoms with Crippen LogP contribution in [0.15, 0.2) is 60.8 Å². The first-order chi connectivity index (χ1) is 15.6. The van der Waals surface area contributed by atoms with E-state index in [0.29, 0.717) is 6.61 Å². The van der Waals surface area contributed by atoms with Gasteiger partial charge in [0.05, 0.1) is 23.1 Å². The minimum absolute atomic E-state index is 0.0166. The fourth-order valence-electron chi connectivity index (χ4n) is 4.44. The van der Waals surface area contributed by atoms with E-state index in [1.165, 1.54) is 10.9 Å². The zero-order chi connectivity index (χ0) is 22.1. The van der Waals surface area contributed by atoms with Gasteiger partial charge >= 0.3 is 0 Å². The third-order valence-electron chi connectivity index (χ3n) is 5.87. The van der Waals surface area contributed by atoms with Gasteiger partial charge in [-0.2, -0.15) is 0 Å². The molecule has 0 aliphatic carbocycles. The Morgan fingerprint density at radius 1 is 1.16 bits per heavy atom. The average molecular weight is 446 g/mol. The van der Waals surface area contributed by atoms with Crippen molar-refractivity contribution in [3.63, 3.8) is 0 Å². The number of amides is 1. The second-order valence-electron chi connectivity index (χ2n) is 8.55. The number of aromatic nitrogens is 1. The van der Waals surface area contributed by atoms with Crippen molar-refractivity contribution >= 4 is 38.2 Å². The van der Waals surface area contributed by atoms with Gasteiger partial charge in [-0.1, -0.05) is 36.4 Å². The fourth-order valence-corrected chi connectivity index (χ4v) is 5.59. The van der Waals surface area contributed by atoms with E-state index in [0.717, 1.165) is 45.7 Å². The van der Waals surface area contributed by atoms with E-state index < -0.39 is 0 Å². The first-order valence-electron chi connectivity index (χ1n) is 11.1. The number of para-hydroxylation sites is 1. The number of rotatable bonds is 5. The Labute approximate surface area is 192 Å². The van der Waals surface area contributed by atoms with Crippen LogP contribution in [0.1, 0.15) is 40.8 Å². The molecule has 1 atom stereocenters. The van der Waals surface area contributed by atoms with Gasteiger partial charge in [0.2, 0.25) is 0 Å². The van der Waals surface area contributed by atoms with Crippen LogP contribution in [-0.4, -0.2) is 41.5 Å². The van der Waals surface area contributed by atoms with Crippen molar-refractivity contribution in [2.45, 2.75) is 32.5 Å². The quantitative estimate of drug-likeness (QED) is 0.461. The Morgan fingerprint density at radius 3 is 2.78 bits per heavy atom. The Kier molecular flexibility index (Phi) is 5.91. The number of pyridine rings is 1. The highest BCUT2D eigenvalue weighted by molar-refractivity contribution is 7.21. The van der Waals surface area contributed by atoms with Crippen LogP contribution < -0.4 is 5.32 Å². The standard InChI is InChI=1S/C26H27N3O2S/c1-17(2)28-26(30)25-24(20-8-4-6-10-23(20)32-25)22-16-29(13-14-31-22)15-18-11-12-27-21-9-5-3-7-19(18)21/h3-12,17,22H,13-16H2,1-2H3,(H,28,30)/t22-/m0/s1. The number of carbonyl (C=O) groups is 1. The highest BCUT2D eigenvalue weighted by Crippen LogP contribution is 2.38. The first-order valence-corrected chi connectivity index (χ1v) is 11.9. The summed E-state index contributed by atoms with van der Waals surface area (Å²) in [4.78, 5) is 20.7. The van der Waals surface area contributed by atoms with E-state index in [2.05, 4.69) is 51.6 Å². The van der Waals surface area contributed by atoms with Crippen LogP contribution in [-0.2, 0) is 11.3 Å². The Bertz CT molecular complexity index is 1260. The smallest absolute Gasteiger partial charge is 0.261 e. The summed E-state index contributed by atoms with van der Waals surface area (Å²) in [6.07, 6.45) is 1.75. The molecule has 1 amide bonds. The third kappa shape index (κ3) is 4.13. The summed E-state index contributed by atoms with van der Waals surface area (Å²) in [5.74, 6) is -0.0166. The number of ether oxygens (including phenoxy) is 1.